The zero-order chi connectivity index (χ0) is 21.2. The quantitative estimate of drug-likeness (QED) is 0.253. The maximum absolute atomic E-state index is 13.8. The molecule has 0 spiro atoms. The number of anilines is 1. The summed E-state index contributed by atoms with van der Waals surface area (Å²) in [5.74, 6) is -12.1. The lowest BCUT2D eigenvalue weighted by molar-refractivity contribution is -0.112. The molecule has 28 heavy (non-hydrogen) atoms. The minimum Gasteiger partial charge on any atom is -0.495 e. The third-order valence-electron chi connectivity index (χ3n) is 3.63. The summed E-state index contributed by atoms with van der Waals surface area (Å²) < 4.78 is 72.2. The zero-order valence-electron chi connectivity index (χ0n) is 14.3. The van der Waals surface area contributed by atoms with Gasteiger partial charge in [-0.25, -0.2) is 22.0 Å². The second-order valence-electron chi connectivity index (χ2n) is 5.41. The number of rotatable bonds is 4. The molecule has 0 bridgehead atoms. The molecule has 0 atom stereocenters. The molecule has 0 aliphatic carbocycles. The molecule has 1 amide bonds. The van der Waals surface area contributed by atoms with Crippen molar-refractivity contribution in [3.63, 3.8) is 0 Å². The van der Waals surface area contributed by atoms with E-state index in [1.54, 1.807) is 6.92 Å². The van der Waals surface area contributed by atoms with Crippen molar-refractivity contribution < 1.29 is 31.5 Å². The average Bonchev–Trinajstić information content (AvgIpc) is 2.67. The highest BCUT2D eigenvalue weighted by Gasteiger charge is 2.26. The molecule has 0 radical (unpaired) electrons. The zero-order valence-corrected chi connectivity index (χ0v) is 15.0. The van der Waals surface area contributed by atoms with Crippen LogP contribution in [0.5, 0.6) is 5.75 Å². The minimum atomic E-state index is -2.35. The predicted molar refractivity (Wildman–Crippen MR) is 91.2 cm³/mol. The smallest absolute Gasteiger partial charge is 0.266 e. The van der Waals surface area contributed by atoms with Gasteiger partial charge in [-0.05, 0) is 24.6 Å². The molecule has 0 saturated carbocycles. The fraction of sp³-hybridized carbons (Fsp3) is 0.111. The van der Waals surface area contributed by atoms with E-state index < -0.39 is 46.1 Å². The Hall–Kier alpha value is -3.12. The van der Waals surface area contributed by atoms with Crippen molar-refractivity contribution in [1.29, 1.82) is 5.26 Å². The summed E-state index contributed by atoms with van der Waals surface area (Å²) in [5.41, 5.74) is -1.70. The molecular weight excluding hydrogens is 407 g/mol. The molecule has 1 N–H and O–H groups in total. The number of nitrogens with zero attached hydrogens (tertiary/aromatic N) is 1. The second-order valence-corrected chi connectivity index (χ2v) is 5.82. The van der Waals surface area contributed by atoms with Gasteiger partial charge in [-0.15, -0.1) is 0 Å². The van der Waals surface area contributed by atoms with E-state index >= 15 is 0 Å². The van der Waals surface area contributed by atoms with E-state index in [2.05, 4.69) is 5.32 Å². The lowest BCUT2D eigenvalue weighted by Crippen LogP contribution is -2.15. The van der Waals surface area contributed by atoms with Gasteiger partial charge in [-0.3, -0.25) is 4.79 Å². The van der Waals surface area contributed by atoms with E-state index in [4.69, 9.17) is 21.6 Å². The van der Waals surface area contributed by atoms with Gasteiger partial charge in [0.15, 0.2) is 23.3 Å². The fourth-order valence-corrected chi connectivity index (χ4v) is 2.31. The van der Waals surface area contributed by atoms with Crippen LogP contribution in [0.1, 0.15) is 11.1 Å². The van der Waals surface area contributed by atoms with Crippen LogP contribution in [-0.2, 0) is 4.79 Å². The molecule has 0 heterocycles. The molecule has 4 nitrogen and oxygen atoms in total. The van der Waals surface area contributed by atoms with Crippen molar-refractivity contribution in [3.05, 3.63) is 62.9 Å². The number of halogens is 6. The van der Waals surface area contributed by atoms with Crippen molar-refractivity contribution in [2.24, 2.45) is 0 Å². The highest BCUT2D eigenvalue weighted by atomic mass is 35.5. The largest absolute Gasteiger partial charge is 0.495 e. The first-order valence-electron chi connectivity index (χ1n) is 7.41. The Bertz CT molecular complexity index is 1020. The molecule has 0 fully saturated rings. The number of hydrogen-bond donors (Lipinski definition) is 1. The highest BCUT2D eigenvalue weighted by Crippen LogP contribution is 2.31. The molecule has 10 heteroatoms. The molecule has 2 rings (SSSR count). The summed E-state index contributed by atoms with van der Waals surface area (Å²) >= 11 is 5.93. The molecular formula is C18H10ClF5N2O2. The Morgan fingerprint density at radius 3 is 2.14 bits per heavy atom. The summed E-state index contributed by atoms with van der Waals surface area (Å²) in [4.78, 5) is 12.3. The number of carbonyl (C=O) groups is 1. The van der Waals surface area contributed by atoms with Gasteiger partial charge in [0, 0.05) is 11.1 Å². The third kappa shape index (κ3) is 3.92. The van der Waals surface area contributed by atoms with Gasteiger partial charge in [0.25, 0.3) is 5.91 Å². The summed E-state index contributed by atoms with van der Waals surface area (Å²) in [6.07, 6.45) is 0.265. The third-order valence-corrected chi connectivity index (χ3v) is 4.03. The Balaban J connectivity index is 2.49. The maximum atomic E-state index is 13.8. The number of nitriles is 1. The molecule has 0 saturated heterocycles. The van der Waals surface area contributed by atoms with Crippen LogP contribution in [0.25, 0.3) is 6.08 Å². The van der Waals surface area contributed by atoms with Crippen LogP contribution >= 0.6 is 11.6 Å². The van der Waals surface area contributed by atoms with Gasteiger partial charge in [0.1, 0.15) is 17.4 Å². The van der Waals surface area contributed by atoms with Crippen LogP contribution in [0.3, 0.4) is 0 Å². The lowest BCUT2D eigenvalue weighted by Gasteiger charge is -2.12. The van der Waals surface area contributed by atoms with Crippen molar-refractivity contribution in [2.75, 3.05) is 12.4 Å². The van der Waals surface area contributed by atoms with Gasteiger partial charge in [0.2, 0.25) is 5.82 Å². The van der Waals surface area contributed by atoms with Gasteiger partial charge in [-0.2, -0.15) is 5.26 Å². The van der Waals surface area contributed by atoms with Crippen LogP contribution in [0.4, 0.5) is 27.6 Å². The van der Waals surface area contributed by atoms with Gasteiger partial charge >= 0.3 is 0 Å². The summed E-state index contributed by atoms with van der Waals surface area (Å²) in [6, 6.07) is 4.14. The Morgan fingerprint density at radius 1 is 1.11 bits per heavy atom. The van der Waals surface area contributed by atoms with Crippen molar-refractivity contribution in [3.8, 4) is 11.8 Å². The molecule has 0 aliphatic heterocycles. The van der Waals surface area contributed by atoms with Gasteiger partial charge < -0.3 is 10.1 Å². The number of nitrogens with one attached hydrogen (secondary N) is 1. The average molecular weight is 417 g/mol. The van der Waals surface area contributed by atoms with Crippen LogP contribution in [0, 0.1) is 47.3 Å². The minimum absolute atomic E-state index is 0.0768. The normalized spacial score (nSPS) is 11.2. The number of amides is 1. The first-order chi connectivity index (χ1) is 13.1. The van der Waals surface area contributed by atoms with Crippen molar-refractivity contribution in [1.82, 2.24) is 0 Å². The van der Waals surface area contributed by atoms with Crippen LogP contribution in [0.2, 0.25) is 5.02 Å². The molecule has 146 valence electrons. The first-order valence-corrected chi connectivity index (χ1v) is 7.78. The van der Waals surface area contributed by atoms with E-state index in [1.165, 1.54) is 25.3 Å². The van der Waals surface area contributed by atoms with Crippen LogP contribution in [-0.4, -0.2) is 13.0 Å². The van der Waals surface area contributed by atoms with Gasteiger partial charge in [-0.1, -0.05) is 11.6 Å². The highest BCUT2D eigenvalue weighted by molar-refractivity contribution is 6.31. The summed E-state index contributed by atoms with van der Waals surface area (Å²) in [6.45, 7) is 1.62. The molecule has 0 aromatic heterocycles. The summed E-state index contributed by atoms with van der Waals surface area (Å²) in [5, 5.41) is 11.7. The Morgan fingerprint density at radius 2 is 1.64 bits per heavy atom. The Kier molecular flexibility index (Phi) is 6.26. The lowest BCUT2D eigenvalue weighted by atomic mass is 10.1. The molecule has 2 aromatic rings. The van der Waals surface area contributed by atoms with E-state index in [-0.39, 0.29) is 17.5 Å². The first kappa shape index (κ1) is 21.2. The van der Waals surface area contributed by atoms with E-state index in [0.29, 0.717) is 10.6 Å². The van der Waals surface area contributed by atoms with Crippen LogP contribution in [0.15, 0.2) is 17.7 Å². The van der Waals surface area contributed by atoms with E-state index in [9.17, 15) is 26.7 Å². The monoisotopic (exact) mass is 416 g/mol. The standard InChI is InChI=1S/C18H10ClF5N2O2/c1-7-3-11(12(28-2)5-10(7)19)26-18(27)8(6-25)4-9-13(20)15(22)17(24)16(23)14(9)21/h3-5H,1-2H3,(H,26,27). The number of hydrogen-bond acceptors (Lipinski definition) is 3. The number of methoxy groups -OCH3 is 1. The number of benzene rings is 2. The number of carbonyl (C=O) groups excluding carboxylic acids is 1. The SMILES string of the molecule is COc1cc(Cl)c(C)cc1NC(=O)C(C#N)=Cc1c(F)c(F)c(F)c(F)c1F. The van der Waals surface area contributed by atoms with Crippen LogP contribution < -0.4 is 10.1 Å². The second kappa shape index (κ2) is 8.27. The predicted octanol–water partition coefficient (Wildman–Crippen LogP) is 4.90. The molecule has 0 aliphatic rings. The summed E-state index contributed by atoms with van der Waals surface area (Å²) in [7, 11) is 1.28. The number of aryl methyl sites for hydroxylation is 1. The fourth-order valence-electron chi connectivity index (χ4n) is 2.16. The Labute approximate surface area is 160 Å². The molecule has 2 aromatic carbocycles. The van der Waals surface area contributed by atoms with E-state index in [1.807, 2.05) is 0 Å². The van der Waals surface area contributed by atoms with Crippen molar-refractivity contribution in [2.45, 2.75) is 6.92 Å². The van der Waals surface area contributed by atoms with Crippen molar-refractivity contribution >= 4 is 29.3 Å². The topological polar surface area (TPSA) is 62.1 Å². The van der Waals surface area contributed by atoms with Gasteiger partial charge in [0.05, 0.1) is 18.4 Å². The molecule has 0 unspecified atom stereocenters. The maximum Gasteiger partial charge on any atom is 0.266 e. The number of ether oxygens (including phenoxy) is 1. The van der Waals surface area contributed by atoms with E-state index in [0.717, 1.165) is 0 Å².